The van der Waals surface area contributed by atoms with Crippen molar-refractivity contribution in [3.05, 3.63) is 23.8 Å². The van der Waals surface area contributed by atoms with E-state index in [1.807, 2.05) is 12.4 Å². The molecule has 18 heavy (non-hydrogen) atoms. The number of aliphatic imine (C=N–C) groups is 2. The minimum Gasteiger partial charge on any atom is -0.253 e. The molecule has 0 aromatic rings. The number of amidine groups is 1. The van der Waals surface area contributed by atoms with Crippen molar-refractivity contribution < 1.29 is 4.59 Å². The molecule has 3 aliphatic rings. The van der Waals surface area contributed by atoms with Gasteiger partial charge in [-0.15, -0.1) is 4.59 Å². The molecule has 4 nitrogen and oxygen atoms in total. The Hall–Kier alpha value is -0.530. The Morgan fingerprint density at radius 1 is 1.33 bits per heavy atom. The van der Waals surface area contributed by atoms with Crippen molar-refractivity contribution in [3.63, 3.8) is 0 Å². The summed E-state index contributed by atoms with van der Waals surface area (Å²) < 4.78 is 1.13. The van der Waals surface area contributed by atoms with Crippen LogP contribution in [0.4, 0.5) is 0 Å². The van der Waals surface area contributed by atoms with Crippen LogP contribution in [0.3, 0.4) is 0 Å². The number of hydrogen-bond acceptors (Lipinski definition) is 3. The summed E-state index contributed by atoms with van der Waals surface area (Å²) in [5.74, 6) is 7.81. The molecule has 0 aromatic heterocycles. The molecular formula is C13H18IN4+. The highest BCUT2D eigenvalue weighted by Crippen LogP contribution is 2.40. The van der Waals surface area contributed by atoms with Crippen LogP contribution in [-0.4, -0.2) is 14.6 Å². The third-order valence-electron chi connectivity index (χ3n) is 4.17. The Labute approximate surface area is 121 Å². The van der Waals surface area contributed by atoms with E-state index in [1.54, 1.807) is 6.20 Å². The quantitative estimate of drug-likeness (QED) is 0.333. The molecule has 1 aliphatic carbocycles. The Bertz CT molecular complexity index is 483. The van der Waals surface area contributed by atoms with Crippen molar-refractivity contribution in [3.8, 4) is 0 Å². The second kappa shape index (κ2) is 4.54. The van der Waals surface area contributed by atoms with Crippen LogP contribution in [0, 0.1) is 11.8 Å². The summed E-state index contributed by atoms with van der Waals surface area (Å²) in [5.41, 5.74) is 2.23. The molecule has 1 atom stereocenters. The molecule has 1 fully saturated rings. The van der Waals surface area contributed by atoms with Crippen LogP contribution in [0.1, 0.15) is 32.6 Å². The van der Waals surface area contributed by atoms with Gasteiger partial charge in [0.25, 0.3) is 3.84 Å². The van der Waals surface area contributed by atoms with Crippen LogP contribution >= 0.6 is 22.6 Å². The fraction of sp³-hybridized carbons (Fsp3) is 0.538. The lowest BCUT2D eigenvalue weighted by atomic mass is 9.81. The molecule has 96 valence electrons. The molecule has 2 aliphatic heterocycles. The van der Waals surface area contributed by atoms with E-state index in [4.69, 9.17) is 10.8 Å². The van der Waals surface area contributed by atoms with Gasteiger partial charge in [0.15, 0.2) is 0 Å². The predicted molar refractivity (Wildman–Crippen MR) is 81.7 cm³/mol. The predicted octanol–water partition coefficient (Wildman–Crippen LogP) is 3.08. The van der Waals surface area contributed by atoms with Gasteiger partial charge in [0.2, 0.25) is 5.70 Å². The number of nitrogens with two attached hydrogens (primary N) is 1. The van der Waals surface area contributed by atoms with Crippen molar-refractivity contribution in [2.45, 2.75) is 32.6 Å². The maximum absolute atomic E-state index is 6.40. The van der Waals surface area contributed by atoms with E-state index in [9.17, 15) is 0 Å². The number of hydrogen-bond donors (Lipinski definition) is 1. The number of halogens is 1. The van der Waals surface area contributed by atoms with Crippen molar-refractivity contribution in [1.82, 2.24) is 0 Å². The zero-order chi connectivity index (χ0) is 12.8. The minimum absolute atomic E-state index is 0.214. The maximum atomic E-state index is 6.40. The summed E-state index contributed by atoms with van der Waals surface area (Å²) in [6.07, 6.45) is 10.6. The van der Waals surface area contributed by atoms with Crippen LogP contribution in [0.15, 0.2) is 33.8 Å². The number of rotatable bonds is 1. The lowest BCUT2D eigenvalue weighted by molar-refractivity contribution is -0.745. The second-order valence-electron chi connectivity index (χ2n) is 5.46. The molecule has 0 amide bonds. The number of nitrogens with zero attached hydrogens (tertiary/aromatic N) is 3. The average Bonchev–Trinajstić information content (AvgIpc) is 2.63. The van der Waals surface area contributed by atoms with Gasteiger partial charge < -0.3 is 0 Å². The molecule has 0 radical (unpaired) electrons. The standard InChI is InChI=1S/C13H18IN4/c1-9-2-4-10(5-3-9)12-11-8-16-6-7-18(11,15)13(14)17-12/h6-10H,2-5,15H2,1H3/q+1. The minimum atomic E-state index is 0.214. The first-order valence-electron chi connectivity index (χ1n) is 6.49. The van der Waals surface area contributed by atoms with E-state index in [0.29, 0.717) is 5.92 Å². The van der Waals surface area contributed by atoms with E-state index in [-0.39, 0.29) is 4.59 Å². The van der Waals surface area contributed by atoms with Gasteiger partial charge in [0.05, 0.1) is 35.0 Å². The van der Waals surface area contributed by atoms with Gasteiger partial charge in [-0.3, -0.25) is 4.99 Å². The van der Waals surface area contributed by atoms with Gasteiger partial charge in [-0.05, 0) is 18.8 Å². The summed E-state index contributed by atoms with van der Waals surface area (Å²) in [6.45, 7) is 2.34. The third-order valence-corrected chi connectivity index (χ3v) is 5.21. The maximum Gasteiger partial charge on any atom is 0.293 e. The van der Waals surface area contributed by atoms with E-state index in [0.717, 1.165) is 15.5 Å². The summed E-state index contributed by atoms with van der Waals surface area (Å²) in [4.78, 5) is 8.96. The lowest BCUT2D eigenvalue weighted by Crippen LogP contribution is -2.50. The van der Waals surface area contributed by atoms with Crippen LogP contribution in [-0.2, 0) is 0 Å². The largest absolute Gasteiger partial charge is 0.293 e. The molecule has 5 heteroatoms. The van der Waals surface area contributed by atoms with Gasteiger partial charge in [-0.25, -0.2) is 0 Å². The second-order valence-corrected chi connectivity index (χ2v) is 6.43. The van der Waals surface area contributed by atoms with Crippen molar-refractivity contribution in [2.24, 2.45) is 27.7 Å². The SMILES string of the molecule is CC1CCC(C2=C3C=NC=C[N+]3(N)C(I)=N2)CC1. The van der Waals surface area contributed by atoms with E-state index in [2.05, 4.69) is 34.5 Å². The zero-order valence-corrected chi connectivity index (χ0v) is 12.7. The van der Waals surface area contributed by atoms with Gasteiger partial charge >= 0.3 is 0 Å². The van der Waals surface area contributed by atoms with E-state index >= 15 is 0 Å². The highest BCUT2D eigenvalue weighted by molar-refractivity contribution is 14.1. The molecular weight excluding hydrogens is 339 g/mol. The molecule has 0 spiro atoms. The Morgan fingerprint density at radius 3 is 2.78 bits per heavy atom. The molecule has 0 bridgehead atoms. The van der Waals surface area contributed by atoms with Crippen LogP contribution in [0.2, 0.25) is 0 Å². The Morgan fingerprint density at radius 2 is 2.06 bits per heavy atom. The Balaban J connectivity index is 1.94. The molecule has 3 rings (SSSR count). The van der Waals surface area contributed by atoms with Crippen molar-refractivity contribution in [2.75, 3.05) is 0 Å². The highest BCUT2D eigenvalue weighted by Gasteiger charge is 2.44. The first-order valence-corrected chi connectivity index (χ1v) is 7.57. The molecule has 1 saturated carbocycles. The average molecular weight is 357 g/mol. The van der Waals surface area contributed by atoms with Gasteiger partial charge in [-0.2, -0.15) is 10.8 Å². The van der Waals surface area contributed by atoms with Crippen molar-refractivity contribution >= 4 is 32.6 Å². The molecule has 2 heterocycles. The van der Waals surface area contributed by atoms with Gasteiger partial charge in [0.1, 0.15) is 11.9 Å². The molecule has 0 aromatic carbocycles. The normalized spacial score (nSPS) is 38.9. The highest BCUT2D eigenvalue weighted by atomic mass is 127. The summed E-state index contributed by atoms with van der Waals surface area (Å²) in [5, 5.41) is 0. The Kier molecular flexibility index (Phi) is 3.15. The third kappa shape index (κ3) is 1.88. The summed E-state index contributed by atoms with van der Waals surface area (Å²) >= 11 is 2.24. The van der Waals surface area contributed by atoms with Crippen LogP contribution in [0.25, 0.3) is 0 Å². The number of fused-ring (bicyclic) bond motifs is 1. The van der Waals surface area contributed by atoms with E-state index < -0.39 is 0 Å². The summed E-state index contributed by atoms with van der Waals surface area (Å²) in [6, 6.07) is 0. The number of quaternary nitrogens is 1. The topological polar surface area (TPSA) is 50.7 Å². The van der Waals surface area contributed by atoms with E-state index in [1.165, 1.54) is 31.4 Å². The van der Waals surface area contributed by atoms with Gasteiger partial charge in [0, 0.05) is 5.92 Å². The van der Waals surface area contributed by atoms with Crippen LogP contribution < -0.4 is 5.84 Å². The first-order chi connectivity index (χ1) is 8.61. The van der Waals surface area contributed by atoms with Crippen LogP contribution in [0.5, 0.6) is 0 Å². The first kappa shape index (κ1) is 12.5. The molecule has 2 N–H and O–H groups in total. The summed E-state index contributed by atoms with van der Waals surface area (Å²) in [7, 11) is 0. The monoisotopic (exact) mass is 357 g/mol. The fourth-order valence-electron chi connectivity index (χ4n) is 2.92. The lowest BCUT2D eigenvalue weighted by Gasteiger charge is -2.27. The van der Waals surface area contributed by atoms with Crippen molar-refractivity contribution in [1.29, 1.82) is 0 Å². The number of allylic oxidation sites excluding steroid dienone is 2. The smallest absolute Gasteiger partial charge is 0.253 e. The molecule has 1 unspecified atom stereocenters. The molecule has 0 saturated heterocycles. The zero-order valence-electron chi connectivity index (χ0n) is 10.5. The fourth-order valence-corrected chi connectivity index (χ4v) is 3.60. The van der Waals surface area contributed by atoms with Gasteiger partial charge in [-0.1, -0.05) is 19.8 Å².